The molecule has 2 nitrogen and oxygen atoms in total. The summed E-state index contributed by atoms with van der Waals surface area (Å²) in [6, 6.07) is 0. The van der Waals surface area contributed by atoms with Crippen LogP contribution in [0.3, 0.4) is 0 Å². The molecular weight excluding hydrogens is 200 g/mol. The molecule has 0 aromatic carbocycles. The number of aliphatic hydroxyl groups excluding tert-OH is 2. The Balaban J connectivity index is 3.09. The van der Waals surface area contributed by atoms with E-state index in [0.29, 0.717) is 6.61 Å². The van der Waals surface area contributed by atoms with Crippen LogP contribution in [-0.4, -0.2) is 22.9 Å². The third-order valence-electron chi connectivity index (χ3n) is 3.09. The molecule has 0 saturated carbocycles. The Morgan fingerprint density at radius 2 is 1.25 bits per heavy atom. The van der Waals surface area contributed by atoms with Crippen molar-refractivity contribution in [2.45, 2.75) is 83.7 Å². The minimum Gasteiger partial charge on any atom is -0.396 e. The molecule has 16 heavy (non-hydrogen) atoms. The minimum absolute atomic E-state index is 0.0873. The van der Waals surface area contributed by atoms with Gasteiger partial charge >= 0.3 is 0 Å². The SMILES string of the molecule is CCCCCCCC(O)CCCCCCO. The Bertz CT molecular complexity index is 112. The second kappa shape index (κ2) is 13.0. The van der Waals surface area contributed by atoms with E-state index < -0.39 is 0 Å². The molecule has 2 heteroatoms. The van der Waals surface area contributed by atoms with Crippen LogP contribution in [0.4, 0.5) is 0 Å². The zero-order valence-electron chi connectivity index (χ0n) is 11.0. The zero-order chi connectivity index (χ0) is 12.1. The highest BCUT2D eigenvalue weighted by Gasteiger charge is 2.03. The fourth-order valence-electron chi connectivity index (χ4n) is 1.97. The lowest BCUT2D eigenvalue weighted by Crippen LogP contribution is -2.05. The van der Waals surface area contributed by atoms with Crippen LogP contribution in [-0.2, 0) is 0 Å². The monoisotopic (exact) mass is 230 g/mol. The average Bonchev–Trinajstić information content (AvgIpc) is 2.28. The van der Waals surface area contributed by atoms with E-state index in [-0.39, 0.29) is 6.10 Å². The third-order valence-corrected chi connectivity index (χ3v) is 3.09. The summed E-state index contributed by atoms with van der Waals surface area (Å²) in [5.74, 6) is 0. The molecule has 0 aromatic heterocycles. The average molecular weight is 230 g/mol. The van der Waals surface area contributed by atoms with Crippen LogP contribution in [0.1, 0.15) is 77.6 Å². The lowest BCUT2D eigenvalue weighted by molar-refractivity contribution is 0.147. The molecule has 0 aliphatic heterocycles. The molecule has 1 unspecified atom stereocenters. The maximum absolute atomic E-state index is 9.71. The van der Waals surface area contributed by atoms with Gasteiger partial charge in [0.25, 0.3) is 0 Å². The summed E-state index contributed by atoms with van der Waals surface area (Å²) >= 11 is 0. The Labute approximate surface area is 101 Å². The molecule has 0 fully saturated rings. The van der Waals surface area contributed by atoms with Crippen LogP contribution in [0.25, 0.3) is 0 Å². The first-order chi connectivity index (χ1) is 7.81. The van der Waals surface area contributed by atoms with Crippen molar-refractivity contribution in [1.82, 2.24) is 0 Å². The maximum Gasteiger partial charge on any atom is 0.0540 e. The van der Waals surface area contributed by atoms with Crippen LogP contribution >= 0.6 is 0 Å². The molecule has 0 heterocycles. The van der Waals surface area contributed by atoms with Gasteiger partial charge in [-0.2, -0.15) is 0 Å². The summed E-state index contributed by atoms with van der Waals surface area (Å²) < 4.78 is 0. The number of hydrogen-bond acceptors (Lipinski definition) is 2. The van der Waals surface area contributed by atoms with E-state index in [1.54, 1.807) is 0 Å². The fourth-order valence-corrected chi connectivity index (χ4v) is 1.97. The van der Waals surface area contributed by atoms with Crippen molar-refractivity contribution in [2.75, 3.05) is 6.61 Å². The van der Waals surface area contributed by atoms with Gasteiger partial charge in [-0.15, -0.1) is 0 Å². The summed E-state index contributed by atoms with van der Waals surface area (Å²) in [6.45, 7) is 2.53. The van der Waals surface area contributed by atoms with Crippen LogP contribution < -0.4 is 0 Å². The Kier molecular flexibility index (Phi) is 12.9. The van der Waals surface area contributed by atoms with E-state index in [9.17, 15) is 5.11 Å². The number of unbranched alkanes of at least 4 members (excludes halogenated alkanes) is 7. The second-order valence-corrected chi connectivity index (χ2v) is 4.78. The van der Waals surface area contributed by atoms with E-state index in [2.05, 4.69) is 6.92 Å². The van der Waals surface area contributed by atoms with E-state index in [1.165, 1.54) is 32.1 Å². The first kappa shape index (κ1) is 15.9. The predicted molar refractivity (Wildman–Crippen MR) is 69.6 cm³/mol. The van der Waals surface area contributed by atoms with Crippen molar-refractivity contribution in [3.63, 3.8) is 0 Å². The first-order valence-electron chi connectivity index (χ1n) is 7.10. The smallest absolute Gasteiger partial charge is 0.0540 e. The predicted octanol–water partition coefficient (Wildman–Crippen LogP) is 3.65. The fraction of sp³-hybridized carbons (Fsp3) is 1.00. The minimum atomic E-state index is -0.0873. The molecule has 0 aliphatic carbocycles. The zero-order valence-corrected chi connectivity index (χ0v) is 11.0. The maximum atomic E-state index is 9.71. The normalized spacial score (nSPS) is 12.9. The molecule has 0 saturated heterocycles. The van der Waals surface area contributed by atoms with Gasteiger partial charge in [0.2, 0.25) is 0 Å². The van der Waals surface area contributed by atoms with Gasteiger partial charge < -0.3 is 10.2 Å². The second-order valence-electron chi connectivity index (χ2n) is 4.78. The summed E-state index contributed by atoms with van der Waals surface area (Å²) in [6.07, 6.45) is 12.5. The number of hydrogen-bond donors (Lipinski definition) is 2. The van der Waals surface area contributed by atoms with Crippen LogP contribution in [0.5, 0.6) is 0 Å². The first-order valence-corrected chi connectivity index (χ1v) is 7.10. The molecule has 98 valence electrons. The van der Waals surface area contributed by atoms with Crippen molar-refractivity contribution in [1.29, 1.82) is 0 Å². The summed E-state index contributed by atoms with van der Waals surface area (Å²) in [5, 5.41) is 18.3. The molecule has 0 spiro atoms. The Hall–Kier alpha value is -0.0800. The van der Waals surface area contributed by atoms with E-state index in [4.69, 9.17) is 5.11 Å². The lowest BCUT2D eigenvalue weighted by Gasteiger charge is -2.09. The number of aliphatic hydroxyl groups is 2. The summed E-state index contributed by atoms with van der Waals surface area (Å²) in [4.78, 5) is 0. The van der Waals surface area contributed by atoms with Crippen LogP contribution in [0, 0.1) is 0 Å². The van der Waals surface area contributed by atoms with Crippen molar-refractivity contribution in [3.8, 4) is 0 Å². The van der Waals surface area contributed by atoms with Crippen molar-refractivity contribution < 1.29 is 10.2 Å². The van der Waals surface area contributed by atoms with Crippen molar-refractivity contribution in [3.05, 3.63) is 0 Å². The van der Waals surface area contributed by atoms with Gasteiger partial charge in [0.15, 0.2) is 0 Å². The largest absolute Gasteiger partial charge is 0.396 e. The molecule has 2 N–H and O–H groups in total. The Morgan fingerprint density at radius 3 is 1.75 bits per heavy atom. The standard InChI is InChI=1S/C14H30O2/c1-2-3-4-5-8-11-14(16)12-9-6-7-10-13-15/h14-16H,2-13H2,1H3. The van der Waals surface area contributed by atoms with Gasteiger partial charge in [0.1, 0.15) is 0 Å². The van der Waals surface area contributed by atoms with Gasteiger partial charge in [0, 0.05) is 6.61 Å². The molecular formula is C14H30O2. The van der Waals surface area contributed by atoms with Gasteiger partial charge in [-0.3, -0.25) is 0 Å². The van der Waals surface area contributed by atoms with Gasteiger partial charge in [-0.1, -0.05) is 58.3 Å². The van der Waals surface area contributed by atoms with Gasteiger partial charge in [0.05, 0.1) is 6.10 Å². The highest BCUT2D eigenvalue weighted by atomic mass is 16.3. The van der Waals surface area contributed by atoms with E-state index >= 15 is 0 Å². The molecule has 0 radical (unpaired) electrons. The van der Waals surface area contributed by atoms with Crippen molar-refractivity contribution in [2.24, 2.45) is 0 Å². The van der Waals surface area contributed by atoms with Gasteiger partial charge in [-0.25, -0.2) is 0 Å². The lowest BCUT2D eigenvalue weighted by atomic mass is 10.0. The van der Waals surface area contributed by atoms with Crippen LogP contribution in [0.2, 0.25) is 0 Å². The quantitative estimate of drug-likeness (QED) is 0.502. The highest BCUT2D eigenvalue weighted by Crippen LogP contribution is 2.12. The molecule has 0 aromatic rings. The van der Waals surface area contributed by atoms with Gasteiger partial charge in [-0.05, 0) is 19.3 Å². The molecule has 0 amide bonds. The molecule has 0 aliphatic rings. The Morgan fingerprint density at radius 1 is 0.750 bits per heavy atom. The molecule has 1 atom stereocenters. The summed E-state index contributed by atoms with van der Waals surface area (Å²) in [5.41, 5.74) is 0. The topological polar surface area (TPSA) is 40.5 Å². The summed E-state index contributed by atoms with van der Waals surface area (Å²) in [7, 11) is 0. The number of rotatable bonds is 12. The molecule has 0 rings (SSSR count). The van der Waals surface area contributed by atoms with Crippen molar-refractivity contribution >= 4 is 0 Å². The highest BCUT2D eigenvalue weighted by molar-refractivity contribution is 4.57. The van der Waals surface area contributed by atoms with E-state index in [0.717, 1.165) is 38.5 Å². The van der Waals surface area contributed by atoms with E-state index in [1.807, 2.05) is 0 Å². The molecule has 0 bridgehead atoms. The van der Waals surface area contributed by atoms with Crippen LogP contribution in [0.15, 0.2) is 0 Å². The third kappa shape index (κ3) is 12.0.